The summed E-state index contributed by atoms with van der Waals surface area (Å²) < 4.78 is 19.0. The van der Waals surface area contributed by atoms with E-state index in [1.54, 1.807) is 0 Å². The number of hydrogen-bond acceptors (Lipinski definition) is 5. The molecule has 0 amide bonds. The smallest absolute Gasteiger partial charge is 0.227 e. The van der Waals surface area contributed by atoms with Crippen molar-refractivity contribution < 1.29 is 13.6 Å². The van der Waals surface area contributed by atoms with Crippen LogP contribution in [0.5, 0.6) is 11.5 Å². The molecule has 0 fully saturated rings. The topological polar surface area (TPSA) is 61.3 Å². The molecular weight excluding hydrogens is 761 g/mol. The number of ether oxygens (including phenoxy) is 1. The van der Waals surface area contributed by atoms with Gasteiger partial charge in [0.25, 0.3) is 0 Å². The molecule has 0 radical (unpaired) electrons. The highest BCUT2D eigenvalue weighted by Crippen LogP contribution is 2.62. The van der Waals surface area contributed by atoms with Crippen LogP contribution in [-0.2, 0) is 5.41 Å². The van der Waals surface area contributed by atoms with Crippen LogP contribution in [0.3, 0.4) is 0 Å². The van der Waals surface area contributed by atoms with Crippen molar-refractivity contribution in [2.24, 2.45) is 0 Å². The van der Waals surface area contributed by atoms with E-state index in [-0.39, 0.29) is 0 Å². The van der Waals surface area contributed by atoms with Gasteiger partial charge in [-0.25, -0.2) is 9.97 Å². The molecule has 13 rings (SSSR count). The van der Waals surface area contributed by atoms with E-state index >= 15 is 0 Å². The average Bonchev–Trinajstić information content (AvgIpc) is 4.06. The fourth-order valence-corrected chi connectivity index (χ4v) is 9.78. The highest BCUT2D eigenvalue weighted by Gasteiger charge is 2.50. The van der Waals surface area contributed by atoms with Gasteiger partial charge < -0.3 is 13.6 Å². The lowest BCUT2D eigenvalue weighted by molar-refractivity contribution is 0.436. The summed E-state index contributed by atoms with van der Waals surface area (Å²) >= 11 is 0. The Hall–Kier alpha value is -8.28. The Kier molecular flexibility index (Phi) is 7.45. The zero-order chi connectivity index (χ0) is 40.8. The van der Waals surface area contributed by atoms with Crippen molar-refractivity contribution in [1.29, 1.82) is 0 Å². The van der Waals surface area contributed by atoms with Crippen molar-refractivity contribution in [3.63, 3.8) is 0 Å². The van der Waals surface area contributed by atoms with Gasteiger partial charge in [0.1, 0.15) is 22.5 Å². The van der Waals surface area contributed by atoms with E-state index in [2.05, 4.69) is 152 Å². The molecule has 3 heterocycles. The normalized spacial score (nSPS) is 13.1. The van der Waals surface area contributed by atoms with E-state index in [9.17, 15) is 0 Å². The largest absolute Gasteiger partial charge is 0.457 e. The zero-order valence-corrected chi connectivity index (χ0v) is 33.2. The molecule has 290 valence electrons. The molecular formula is C57H34N2O3. The second-order valence-electron chi connectivity index (χ2n) is 16.1. The molecule has 1 aliphatic carbocycles. The highest BCUT2D eigenvalue weighted by molar-refractivity contribution is 5.91. The Labute approximate surface area is 357 Å². The van der Waals surface area contributed by atoms with E-state index in [1.165, 1.54) is 44.5 Å². The van der Waals surface area contributed by atoms with Crippen LogP contribution in [0.1, 0.15) is 22.3 Å². The zero-order valence-electron chi connectivity index (χ0n) is 33.2. The first-order chi connectivity index (χ1) is 30.7. The minimum absolute atomic E-state index is 0.469. The van der Waals surface area contributed by atoms with Crippen molar-refractivity contribution in [1.82, 2.24) is 9.97 Å². The number of fused-ring (bicyclic) bond motifs is 11. The third kappa shape index (κ3) is 5.22. The number of rotatable bonds is 5. The third-order valence-corrected chi connectivity index (χ3v) is 12.6. The minimum Gasteiger partial charge on any atom is -0.457 e. The number of para-hydroxylation sites is 6. The van der Waals surface area contributed by atoms with E-state index in [1.807, 2.05) is 54.6 Å². The molecule has 0 bridgehead atoms. The summed E-state index contributed by atoms with van der Waals surface area (Å²) in [6.45, 7) is 0. The van der Waals surface area contributed by atoms with Gasteiger partial charge in [0.15, 0.2) is 11.2 Å². The lowest BCUT2D eigenvalue weighted by Gasteiger charge is -2.39. The summed E-state index contributed by atoms with van der Waals surface area (Å²) in [6, 6.07) is 72.4. The fraction of sp³-hybridized carbons (Fsp3) is 0.0175. The molecule has 2 aromatic heterocycles. The van der Waals surface area contributed by atoms with Crippen LogP contribution in [-0.4, -0.2) is 9.97 Å². The number of oxazole rings is 2. The molecule has 5 heteroatoms. The molecule has 1 aliphatic heterocycles. The Balaban J connectivity index is 0.846. The predicted octanol–water partition coefficient (Wildman–Crippen LogP) is 14.8. The lowest BCUT2D eigenvalue weighted by Crippen LogP contribution is -2.32. The second kappa shape index (κ2) is 13.4. The van der Waals surface area contributed by atoms with Crippen molar-refractivity contribution in [2.45, 2.75) is 5.41 Å². The van der Waals surface area contributed by atoms with E-state index in [0.717, 1.165) is 67.1 Å². The van der Waals surface area contributed by atoms with Crippen molar-refractivity contribution >= 4 is 22.2 Å². The van der Waals surface area contributed by atoms with E-state index in [4.69, 9.17) is 23.5 Å². The van der Waals surface area contributed by atoms with Crippen molar-refractivity contribution in [3.8, 4) is 78.9 Å². The summed E-state index contributed by atoms with van der Waals surface area (Å²) in [6.07, 6.45) is 0. The highest BCUT2D eigenvalue weighted by atomic mass is 16.5. The first-order valence-electron chi connectivity index (χ1n) is 20.9. The molecule has 9 aromatic carbocycles. The lowest BCUT2D eigenvalue weighted by atomic mass is 9.66. The number of hydrogen-bond donors (Lipinski definition) is 0. The van der Waals surface area contributed by atoms with Gasteiger partial charge in [0.2, 0.25) is 11.8 Å². The van der Waals surface area contributed by atoms with E-state index in [0.29, 0.717) is 11.8 Å². The van der Waals surface area contributed by atoms with Gasteiger partial charge in [-0.2, -0.15) is 0 Å². The van der Waals surface area contributed by atoms with Gasteiger partial charge in [-0.1, -0.05) is 146 Å². The van der Waals surface area contributed by atoms with Crippen LogP contribution < -0.4 is 4.74 Å². The summed E-state index contributed by atoms with van der Waals surface area (Å²) in [5, 5.41) is 0. The first-order valence-corrected chi connectivity index (χ1v) is 20.9. The van der Waals surface area contributed by atoms with Crippen LogP contribution >= 0.6 is 0 Å². The number of nitrogens with zero attached hydrogens (tertiary/aromatic N) is 2. The Morgan fingerprint density at radius 1 is 0.306 bits per heavy atom. The summed E-state index contributed by atoms with van der Waals surface area (Å²) in [7, 11) is 0. The maximum absolute atomic E-state index is 6.51. The molecule has 1 spiro atoms. The van der Waals surface area contributed by atoms with Gasteiger partial charge in [-0.15, -0.1) is 0 Å². The quantitative estimate of drug-likeness (QED) is 0.174. The molecule has 0 atom stereocenters. The standard InChI is InChI=1S/C57H34N2O3/c1-2-12-45-43(11-1)44-34-39(29-30-46(44)57(45)47-13-3-7-17-51(47)60-52-18-8-4-14-48(52)57)37-25-21-35(22-26-37)36-23-27-38(28-24-36)40-31-41(55-58-49-15-5-9-19-53(49)61-55)33-42(32-40)56-59-50-16-6-10-20-54(50)62-56/h1-34H. The van der Waals surface area contributed by atoms with Crippen molar-refractivity contribution in [2.75, 3.05) is 0 Å². The van der Waals surface area contributed by atoms with Crippen LogP contribution in [0.15, 0.2) is 215 Å². The Morgan fingerprint density at radius 2 is 0.726 bits per heavy atom. The molecule has 0 N–H and O–H groups in total. The van der Waals surface area contributed by atoms with Crippen LogP contribution in [0.2, 0.25) is 0 Å². The fourth-order valence-electron chi connectivity index (χ4n) is 9.78. The summed E-state index contributed by atoms with van der Waals surface area (Å²) in [4.78, 5) is 9.64. The minimum atomic E-state index is -0.469. The van der Waals surface area contributed by atoms with Gasteiger partial charge in [-0.3, -0.25) is 0 Å². The maximum Gasteiger partial charge on any atom is 0.227 e. The number of aromatic nitrogens is 2. The maximum atomic E-state index is 6.51. The SMILES string of the molecule is c1ccc2c(c1)Oc1ccccc1C21c2ccccc2-c2cc(-c3ccc(-c4ccc(-c5cc(-c6nc7ccccc7o6)cc(-c6nc7ccccc7o6)c5)cc4)cc3)ccc21. The van der Waals surface area contributed by atoms with Crippen LogP contribution in [0.25, 0.3) is 89.6 Å². The van der Waals surface area contributed by atoms with Gasteiger partial charge >= 0.3 is 0 Å². The second-order valence-corrected chi connectivity index (χ2v) is 16.1. The van der Waals surface area contributed by atoms with Gasteiger partial charge in [0.05, 0.1) is 5.41 Å². The van der Waals surface area contributed by atoms with Crippen LogP contribution in [0, 0.1) is 0 Å². The van der Waals surface area contributed by atoms with E-state index < -0.39 is 5.41 Å². The molecule has 0 unspecified atom stereocenters. The number of benzene rings is 9. The molecule has 0 saturated heterocycles. The monoisotopic (exact) mass is 794 g/mol. The summed E-state index contributed by atoms with van der Waals surface area (Å²) in [5.41, 5.74) is 18.5. The van der Waals surface area contributed by atoms with Gasteiger partial charge in [0, 0.05) is 22.3 Å². The van der Waals surface area contributed by atoms with Crippen LogP contribution in [0.4, 0.5) is 0 Å². The molecule has 2 aliphatic rings. The predicted molar refractivity (Wildman–Crippen MR) is 246 cm³/mol. The summed E-state index contributed by atoms with van der Waals surface area (Å²) in [5.74, 6) is 2.90. The molecule has 5 nitrogen and oxygen atoms in total. The Bertz CT molecular complexity index is 3360. The molecule has 11 aromatic rings. The molecule has 0 saturated carbocycles. The Morgan fingerprint density at radius 3 is 1.29 bits per heavy atom. The average molecular weight is 795 g/mol. The van der Waals surface area contributed by atoms with Crippen molar-refractivity contribution in [3.05, 3.63) is 229 Å². The first kappa shape index (κ1) is 34.6. The molecule has 62 heavy (non-hydrogen) atoms. The van der Waals surface area contributed by atoms with Gasteiger partial charge in [-0.05, 0) is 116 Å². The third-order valence-electron chi connectivity index (χ3n) is 12.6.